The summed E-state index contributed by atoms with van der Waals surface area (Å²) in [6.45, 7) is 4.28. The monoisotopic (exact) mass is 292 g/mol. The molecule has 0 aliphatic heterocycles. The SMILES string of the molecule is COCCN(C(C)C)S(=O)(=O)c1ccnc(Cl)c1. The molecule has 18 heavy (non-hydrogen) atoms. The van der Waals surface area contributed by atoms with Crippen molar-refractivity contribution in [3.05, 3.63) is 23.5 Å². The summed E-state index contributed by atoms with van der Waals surface area (Å²) >= 11 is 5.72. The van der Waals surface area contributed by atoms with E-state index in [9.17, 15) is 8.42 Å². The van der Waals surface area contributed by atoms with Gasteiger partial charge in [-0.15, -0.1) is 0 Å². The largest absolute Gasteiger partial charge is 0.383 e. The van der Waals surface area contributed by atoms with Gasteiger partial charge < -0.3 is 4.74 Å². The Balaban J connectivity index is 3.09. The zero-order valence-electron chi connectivity index (χ0n) is 10.6. The van der Waals surface area contributed by atoms with Gasteiger partial charge in [0.25, 0.3) is 0 Å². The molecule has 0 amide bonds. The van der Waals surface area contributed by atoms with Crippen LogP contribution in [0.25, 0.3) is 0 Å². The van der Waals surface area contributed by atoms with Crippen LogP contribution in [0.4, 0.5) is 0 Å². The van der Waals surface area contributed by atoms with Crippen molar-refractivity contribution < 1.29 is 13.2 Å². The van der Waals surface area contributed by atoms with Crippen molar-refractivity contribution in [2.75, 3.05) is 20.3 Å². The van der Waals surface area contributed by atoms with Crippen molar-refractivity contribution in [2.45, 2.75) is 24.8 Å². The highest BCUT2D eigenvalue weighted by Crippen LogP contribution is 2.19. The first-order valence-electron chi connectivity index (χ1n) is 5.52. The number of methoxy groups -OCH3 is 1. The van der Waals surface area contributed by atoms with Crippen molar-refractivity contribution in [3.8, 4) is 0 Å². The van der Waals surface area contributed by atoms with E-state index in [2.05, 4.69) is 4.98 Å². The highest BCUT2D eigenvalue weighted by molar-refractivity contribution is 7.89. The molecule has 0 N–H and O–H groups in total. The number of halogens is 1. The minimum absolute atomic E-state index is 0.146. The number of hydrogen-bond acceptors (Lipinski definition) is 4. The van der Waals surface area contributed by atoms with E-state index in [1.807, 2.05) is 13.8 Å². The second-order valence-electron chi connectivity index (χ2n) is 4.02. The molecule has 102 valence electrons. The second kappa shape index (κ2) is 6.47. The van der Waals surface area contributed by atoms with E-state index in [0.717, 1.165) is 0 Å². The van der Waals surface area contributed by atoms with E-state index in [-0.39, 0.29) is 16.1 Å². The van der Waals surface area contributed by atoms with Gasteiger partial charge in [0, 0.05) is 25.9 Å². The molecule has 7 heteroatoms. The van der Waals surface area contributed by atoms with Gasteiger partial charge in [0.15, 0.2) is 0 Å². The molecule has 0 unspecified atom stereocenters. The quantitative estimate of drug-likeness (QED) is 0.750. The number of nitrogens with zero attached hydrogens (tertiary/aromatic N) is 2. The van der Waals surface area contributed by atoms with E-state index in [4.69, 9.17) is 16.3 Å². The minimum atomic E-state index is -3.57. The van der Waals surface area contributed by atoms with Gasteiger partial charge in [-0.3, -0.25) is 0 Å². The number of rotatable bonds is 6. The molecule has 0 saturated heterocycles. The Morgan fingerprint density at radius 3 is 2.67 bits per heavy atom. The summed E-state index contributed by atoms with van der Waals surface area (Å²) in [5, 5.41) is 0.159. The molecular weight excluding hydrogens is 276 g/mol. The van der Waals surface area contributed by atoms with Crippen LogP contribution < -0.4 is 0 Å². The van der Waals surface area contributed by atoms with Crippen LogP contribution in [0.5, 0.6) is 0 Å². The third-order valence-electron chi connectivity index (χ3n) is 2.40. The number of aromatic nitrogens is 1. The van der Waals surface area contributed by atoms with Gasteiger partial charge in [0.05, 0.1) is 11.5 Å². The lowest BCUT2D eigenvalue weighted by atomic mass is 10.4. The molecule has 0 aliphatic carbocycles. The molecule has 1 aromatic rings. The summed E-state index contributed by atoms with van der Waals surface area (Å²) < 4.78 is 31.1. The first-order chi connectivity index (χ1) is 8.39. The third kappa shape index (κ3) is 3.65. The Hall–Kier alpha value is -0.690. The van der Waals surface area contributed by atoms with Crippen molar-refractivity contribution in [1.29, 1.82) is 0 Å². The molecule has 1 heterocycles. The van der Waals surface area contributed by atoms with E-state index in [1.54, 1.807) is 0 Å². The van der Waals surface area contributed by atoms with E-state index >= 15 is 0 Å². The van der Waals surface area contributed by atoms with Crippen LogP contribution in [0.15, 0.2) is 23.2 Å². The van der Waals surface area contributed by atoms with Crippen molar-refractivity contribution in [2.24, 2.45) is 0 Å². The van der Waals surface area contributed by atoms with Crippen molar-refractivity contribution in [1.82, 2.24) is 9.29 Å². The predicted molar refractivity (Wildman–Crippen MR) is 70.2 cm³/mol. The van der Waals surface area contributed by atoms with Crippen LogP contribution in [0.2, 0.25) is 5.15 Å². The van der Waals surface area contributed by atoms with Crippen LogP contribution >= 0.6 is 11.6 Å². The predicted octanol–water partition coefficient (Wildman–Crippen LogP) is 1.78. The topological polar surface area (TPSA) is 59.5 Å². The lowest BCUT2D eigenvalue weighted by molar-refractivity contribution is 0.171. The summed E-state index contributed by atoms with van der Waals surface area (Å²) in [4.78, 5) is 3.92. The molecule has 0 fully saturated rings. The summed E-state index contributed by atoms with van der Waals surface area (Å²) in [7, 11) is -2.03. The average molecular weight is 293 g/mol. The van der Waals surface area contributed by atoms with Gasteiger partial charge in [0.2, 0.25) is 10.0 Å². The second-order valence-corrected chi connectivity index (χ2v) is 6.29. The fourth-order valence-corrected chi connectivity index (χ4v) is 3.39. The summed E-state index contributed by atoms with van der Waals surface area (Å²) in [5.74, 6) is 0. The van der Waals surface area contributed by atoms with Gasteiger partial charge in [0.1, 0.15) is 5.15 Å². The first-order valence-corrected chi connectivity index (χ1v) is 7.33. The minimum Gasteiger partial charge on any atom is -0.383 e. The van der Waals surface area contributed by atoms with Gasteiger partial charge in [-0.05, 0) is 26.0 Å². The maximum absolute atomic E-state index is 12.4. The average Bonchev–Trinajstić information content (AvgIpc) is 2.28. The van der Waals surface area contributed by atoms with Crippen LogP contribution in [0, 0.1) is 0 Å². The highest BCUT2D eigenvalue weighted by Gasteiger charge is 2.26. The smallest absolute Gasteiger partial charge is 0.243 e. The van der Waals surface area contributed by atoms with E-state index in [0.29, 0.717) is 13.2 Å². The molecule has 5 nitrogen and oxygen atoms in total. The molecule has 1 aromatic heterocycles. The van der Waals surface area contributed by atoms with E-state index in [1.165, 1.54) is 29.7 Å². The summed E-state index contributed by atoms with van der Waals surface area (Å²) in [6.07, 6.45) is 1.38. The van der Waals surface area contributed by atoms with E-state index < -0.39 is 10.0 Å². The fraction of sp³-hybridized carbons (Fsp3) is 0.545. The molecular formula is C11H17ClN2O3S. The molecule has 0 aliphatic rings. The van der Waals surface area contributed by atoms with Crippen molar-refractivity contribution >= 4 is 21.6 Å². The third-order valence-corrected chi connectivity index (χ3v) is 4.67. The van der Waals surface area contributed by atoms with Crippen LogP contribution in [0.3, 0.4) is 0 Å². The lowest BCUT2D eigenvalue weighted by Gasteiger charge is -2.25. The number of hydrogen-bond donors (Lipinski definition) is 0. The molecule has 0 atom stereocenters. The van der Waals surface area contributed by atoms with Gasteiger partial charge >= 0.3 is 0 Å². The molecule has 0 bridgehead atoms. The Bertz CT molecular complexity index is 491. The number of ether oxygens (including phenoxy) is 1. The molecule has 0 saturated carbocycles. The van der Waals surface area contributed by atoms with Crippen molar-refractivity contribution in [3.63, 3.8) is 0 Å². The Labute approximate surface area is 113 Å². The maximum Gasteiger partial charge on any atom is 0.243 e. The van der Waals surface area contributed by atoms with Gasteiger partial charge in [-0.2, -0.15) is 4.31 Å². The Morgan fingerprint density at radius 2 is 2.17 bits per heavy atom. The van der Waals surface area contributed by atoms with Gasteiger partial charge in [-0.25, -0.2) is 13.4 Å². The summed E-state index contributed by atoms with van der Waals surface area (Å²) in [6, 6.07) is 2.62. The zero-order valence-corrected chi connectivity index (χ0v) is 12.2. The normalized spacial score (nSPS) is 12.3. The standard InChI is InChI=1S/C11H17ClN2O3S/c1-9(2)14(6-7-17-3)18(15,16)10-4-5-13-11(12)8-10/h4-5,8-9H,6-7H2,1-3H3. The Morgan fingerprint density at radius 1 is 1.50 bits per heavy atom. The maximum atomic E-state index is 12.4. The summed E-state index contributed by atoms with van der Waals surface area (Å²) in [5.41, 5.74) is 0. The molecule has 1 rings (SSSR count). The molecule has 0 spiro atoms. The highest BCUT2D eigenvalue weighted by atomic mass is 35.5. The molecule has 0 radical (unpaired) electrons. The van der Waals surface area contributed by atoms with Crippen LogP contribution in [-0.4, -0.2) is 44.0 Å². The first kappa shape index (κ1) is 15.4. The molecule has 0 aromatic carbocycles. The van der Waals surface area contributed by atoms with Crippen LogP contribution in [-0.2, 0) is 14.8 Å². The fourth-order valence-electron chi connectivity index (χ4n) is 1.52. The number of sulfonamides is 1. The van der Waals surface area contributed by atoms with Gasteiger partial charge in [-0.1, -0.05) is 11.6 Å². The van der Waals surface area contributed by atoms with Crippen LogP contribution in [0.1, 0.15) is 13.8 Å². The number of pyridine rings is 1. The Kier molecular flexibility index (Phi) is 5.52. The lowest BCUT2D eigenvalue weighted by Crippen LogP contribution is -2.39. The zero-order chi connectivity index (χ0) is 13.8.